The van der Waals surface area contributed by atoms with Crippen molar-refractivity contribution in [1.82, 2.24) is 20.1 Å². The summed E-state index contributed by atoms with van der Waals surface area (Å²) >= 11 is 0. The van der Waals surface area contributed by atoms with Crippen molar-refractivity contribution in [3.8, 4) is 0 Å². The Labute approximate surface area is 129 Å². The summed E-state index contributed by atoms with van der Waals surface area (Å²) in [5.41, 5.74) is 7.42. The van der Waals surface area contributed by atoms with Gasteiger partial charge in [0.25, 0.3) is 5.91 Å². The molecule has 1 saturated carbocycles. The lowest BCUT2D eigenvalue weighted by Crippen LogP contribution is -2.40. The van der Waals surface area contributed by atoms with E-state index < -0.39 is 0 Å². The van der Waals surface area contributed by atoms with Gasteiger partial charge in [-0.1, -0.05) is 24.6 Å². The normalized spacial score (nSPS) is 21.0. The SMILES string of the molecule is NC[C@@H]1CCC[C@@H]1NC(=O)c1ccccc1Cn1cncn1. The summed E-state index contributed by atoms with van der Waals surface area (Å²) in [5, 5.41) is 7.25. The Morgan fingerprint density at radius 3 is 3.00 bits per heavy atom. The van der Waals surface area contributed by atoms with E-state index in [1.165, 1.54) is 6.33 Å². The van der Waals surface area contributed by atoms with Crippen LogP contribution in [0.1, 0.15) is 35.2 Å². The Morgan fingerprint density at radius 1 is 1.36 bits per heavy atom. The van der Waals surface area contributed by atoms with Crippen LogP contribution in [0.2, 0.25) is 0 Å². The zero-order chi connectivity index (χ0) is 15.4. The lowest BCUT2D eigenvalue weighted by atomic mass is 10.0. The molecular formula is C16H21N5O. The van der Waals surface area contributed by atoms with Crippen molar-refractivity contribution in [2.24, 2.45) is 11.7 Å². The van der Waals surface area contributed by atoms with E-state index in [-0.39, 0.29) is 11.9 Å². The number of nitrogens with one attached hydrogen (secondary N) is 1. The summed E-state index contributed by atoms with van der Waals surface area (Å²) in [5.74, 6) is 0.368. The maximum atomic E-state index is 12.6. The van der Waals surface area contributed by atoms with Crippen molar-refractivity contribution >= 4 is 5.91 Å². The Hall–Kier alpha value is -2.21. The number of nitrogens with zero attached hydrogens (tertiary/aromatic N) is 3. The minimum atomic E-state index is -0.0268. The lowest BCUT2D eigenvalue weighted by molar-refractivity contribution is 0.0927. The van der Waals surface area contributed by atoms with Crippen molar-refractivity contribution < 1.29 is 4.79 Å². The fraction of sp³-hybridized carbons (Fsp3) is 0.438. The maximum Gasteiger partial charge on any atom is 0.251 e. The predicted octanol–water partition coefficient (Wildman–Crippen LogP) is 1.18. The van der Waals surface area contributed by atoms with E-state index in [2.05, 4.69) is 15.4 Å². The molecule has 1 heterocycles. The van der Waals surface area contributed by atoms with Gasteiger partial charge in [0.05, 0.1) is 6.54 Å². The molecule has 6 heteroatoms. The number of carbonyl (C=O) groups excluding carboxylic acids is 1. The molecule has 1 aliphatic rings. The largest absolute Gasteiger partial charge is 0.349 e. The van der Waals surface area contributed by atoms with E-state index in [0.29, 0.717) is 24.6 Å². The molecule has 1 aliphatic carbocycles. The van der Waals surface area contributed by atoms with E-state index in [1.807, 2.05) is 24.3 Å². The van der Waals surface area contributed by atoms with Crippen molar-refractivity contribution in [1.29, 1.82) is 0 Å². The van der Waals surface area contributed by atoms with Crippen LogP contribution in [0.25, 0.3) is 0 Å². The van der Waals surface area contributed by atoms with Crippen LogP contribution in [0, 0.1) is 5.92 Å². The van der Waals surface area contributed by atoms with Gasteiger partial charge in [0.2, 0.25) is 0 Å². The number of benzene rings is 1. The second kappa shape index (κ2) is 6.70. The quantitative estimate of drug-likeness (QED) is 0.868. The molecule has 0 saturated heterocycles. The highest BCUT2D eigenvalue weighted by molar-refractivity contribution is 5.95. The smallest absolute Gasteiger partial charge is 0.251 e. The molecule has 1 aromatic carbocycles. The minimum Gasteiger partial charge on any atom is -0.349 e. The van der Waals surface area contributed by atoms with Crippen LogP contribution in [0.15, 0.2) is 36.9 Å². The van der Waals surface area contributed by atoms with Crippen molar-refractivity contribution in [3.63, 3.8) is 0 Å². The first-order valence-electron chi connectivity index (χ1n) is 7.69. The van der Waals surface area contributed by atoms with Crippen LogP contribution in [-0.2, 0) is 6.54 Å². The van der Waals surface area contributed by atoms with Gasteiger partial charge in [-0.3, -0.25) is 4.79 Å². The van der Waals surface area contributed by atoms with E-state index in [4.69, 9.17) is 5.73 Å². The van der Waals surface area contributed by atoms with Gasteiger partial charge in [0, 0.05) is 11.6 Å². The van der Waals surface area contributed by atoms with Crippen LogP contribution in [0.5, 0.6) is 0 Å². The molecule has 2 aromatic rings. The number of rotatable bonds is 5. The highest BCUT2D eigenvalue weighted by Crippen LogP contribution is 2.25. The fourth-order valence-corrected chi connectivity index (χ4v) is 3.12. The topological polar surface area (TPSA) is 85.8 Å². The minimum absolute atomic E-state index is 0.0268. The first-order chi connectivity index (χ1) is 10.8. The van der Waals surface area contributed by atoms with Gasteiger partial charge in [-0.15, -0.1) is 0 Å². The average Bonchev–Trinajstić information content (AvgIpc) is 3.19. The third-order valence-corrected chi connectivity index (χ3v) is 4.34. The van der Waals surface area contributed by atoms with Crippen molar-refractivity contribution in [3.05, 3.63) is 48.0 Å². The standard InChI is InChI=1S/C16H21N5O/c17-8-12-5-3-7-15(12)20-16(22)14-6-2-1-4-13(14)9-21-11-18-10-19-21/h1-2,4,6,10-12,15H,3,5,7-9,17H2,(H,20,22)/t12-,15-/m0/s1. The average molecular weight is 299 g/mol. The van der Waals surface area contributed by atoms with E-state index in [1.54, 1.807) is 11.0 Å². The number of amides is 1. The van der Waals surface area contributed by atoms with Crippen LogP contribution >= 0.6 is 0 Å². The first-order valence-corrected chi connectivity index (χ1v) is 7.69. The van der Waals surface area contributed by atoms with Gasteiger partial charge in [-0.2, -0.15) is 5.10 Å². The van der Waals surface area contributed by atoms with E-state index in [0.717, 1.165) is 24.8 Å². The number of aromatic nitrogens is 3. The molecule has 0 spiro atoms. The molecule has 0 bridgehead atoms. The molecule has 116 valence electrons. The van der Waals surface area contributed by atoms with E-state index in [9.17, 15) is 4.79 Å². The third-order valence-electron chi connectivity index (χ3n) is 4.34. The predicted molar refractivity (Wildman–Crippen MR) is 83.2 cm³/mol. The molecule has 1 aromatic heterocycles. The fourth-order valence-electron chi connectivity index (χ4n) is 3.12. The number of carbonyl (C=O) groups is 1. The summed E-state index contributed by atoms with van der Waals surface area (Å²) < 4.78 is 1.71. The highest BCUT2D eigenvalue weighted by atomic mass is 16.1. The van der Waals surface area contributed by atoms with Gasteiger partial charge >= 0.3 is 0 Å². The molecular weight excluding hydrogens is 278 g/mol. The van der Waals surface area contributed by atoms with Crippen molar-refractivity contribution in [2.75, 3.05) is 6.54 Å². The Kier molecular flexibility index (Phi) is 4.48. The number of hydrogen-bond acceptors (Lipinski definition) is 4. The van der Waals surface area contributed by atoms with Crippen LogP contribution < -0.4 is 11.1 Å². The van der Waals surface area contributed by atoms with Crippen LogP contribution in [0.4, 0.5) is 0 Å². The summed E-state index contributed by atoms with van der Waals surface area (Å²) in [6.45, 7) is 1.17. The zero-order valence-electron chi connectivity index (χ0n) is 12.5. The second-order valence-corrected chi connectivity index (χ2v) is 5.76. The number of nitrogens with two attached hydrogens (primary N) is 1. The van der Waals surface area contributed by atoms with Gasteiger partial charge in [0.1, 0.15) is 12.7 Å². The molecule has 6 nitrogen and oxygen atoms in total. The van der Waals surface area contributed by atoms with Gasteiger partial charge < -0.3 is 11.1 Å². The summed E-state index contributed by atoms with van der Waals surface area (Å²) in [4.78, 5) is 16.5. The van der Waals surface area contributed by atoms with E-state index >= 15 is 0 Å². The summed E-state index contributed by atoms with van der Waals surface area (Å²) in [6.07, 6.45) is 6.39. The second-order valence-electron chi connectivity index (χ2n) is 5.76. The number of hydrogen-bond donors (Lipinski definition) is 2. The summed E-state index contributed by atoms with van der Waals surface area (Å²) in [7, 11) is 0. The van der Waals surface area contributed by atoms with Crippen molar-refractivity contribution in [2.45, 2.75) is 31.8 Å². The van der Waals surface area contributed by atoms with Crippen LogP contribution in [0.3, 0.4) is 0 Å². The Bertz CT molecular complexity index is 625. The highest BCUT2D eigenvalue weighted by Gasteiger charge is 2.28. The molecule has 22 heavy (non-hydrogen) atoms. The third kappa shape index (κ3) is 3.17. The molecule has 0 unspecified atom stereocenters. The maximum absolute atomic E-state index is 12.6. The van der Waals surface area contributed by atoms with Gasteiger partial charge in [0.15, 0.2) is 0 Å². The lowest BCUT2D eigenvalue weighted by Gasteiger charge is -2.20. The monoisotopic (exact) mass is 299 g/mol. The molecule has 3 rings (SSSR count). The zero-order valence-corrected chi connectivity index (χ0v) is 12.5. The molecule has 1 fully saturated rings. The van der Waals surface area contributed by atoms with Gasteiger partial charge in [-0.25, -0.2) is 9.67 Å². The Morgan fingerprint density at radius 2 is 2.23 bits per heavy atom. The molecule has 2 atom stereocenters. The molecule has 1 amide bonds. The summed E-state index contributed by atoms with van der Waals surface area (Å²) in [6, 6.07) is 7.81. The molecule has 3 N–H and O–H groups in total. The molecule has 0 radical (unpaired) electrons. The first kappa shape index (κ1) is 14.7. The molecule has 0 aliphatic heterocycles. The van der Waals surface area contributed by atoms with Gasteiger partial charge in [-0.05, 0) is 36.9 Å². The Balaban J connectivity index is 1.74. The van der Waals surface area contributed by atoms with Crippen LogP contribution in [-0.4, -0.2) is 33.3 Å².